The van der Waals surface area contributed by atoms with Gasteiger partial charge >= 0.3 is 0 Å². The Kier molecular flexibility index (Phi) is 2.15. The lowest BCUT2D eigenvalue weighted by Gasteiger charge is -2.27. The summed E-state index contributed by atoms with van der Waals surface area (Å²) in [5.74, 6) is 0.603. The molecule has 0 aromatic carbocycles. The lowest BCUT2D eigenvalue weighted by Crippen LogP contribution is -2.27. The van der Waals surface area contributed by atoms with Crippen LogP contribution in [-0.2, 0) is 5.54 Å². The summed E-state index contributed by atoms with van der Waals surface area (Å²) in [5, 5.41) is 0. The monoisotopic (exact) mass is 230 g/mol. The first kappa shape index (κ1) is 10.6. The van der Waals surface area contributed by atoms with Crippen LogP contribution in [-0.4, -0.2) is 14.5 Å². The molecule has 1 fully saturated rings. The topological polar surface area (TPSA) is 56.7 Å². The van der Waals surface area contributed by atoms with Gasteiger partial charge in [-0.3, -0.25) is 4.57 Å². The SMILES string of the molecule is Cc1ccnc2c1nc(N)n2C1(C)CCCC1. The van der Waals surface area contributed by atoms with Gasteiger partial charge in [-0.1, -0.05) is 12.8 Å². The Balaban J connectivity index is 2.29. The Morgan fingerprint density at radius 3 is 2.76 bits per heavy atom. The Morgan fingerprint density at radius 2 is 2.06 bits per heavy atom. The molecule has 4 heteroatoms. The van der Waals surface area contributed by atoms with E-state index in [4.69, 9.17) is 5.73 Å². The van der Waals surface area contributed by atoms with Crippen molar-refractivity contribution in [3.8, 4) is 0 Å². The van der Waals surface area contributed by atoms with Gasteiger partial charge in [0.1, 0.15) is 5.52 Å². The Labute approximate surface area is 101 Å². The number of imidazole rings is 1. The highest BCUT2D eigenvalue weighted by Gasteiger charge is 2.34. The van der Waals surface area contributed by atoms with Gasteiger partial charge in [0, 0.05) is 11.7 Å². The molecule has 90 valence electrons. The number of nitrogens with zero attached hydrogens (tertiary/aromatic N) is 3. The van der Waals surface area contributed by atoms with E-state index >= 15 is 0 Å². The van der Waals surface area contributed by atoms with Crippen molar-refractivity contribution in [2.24, 2.45) is 0 Å². The molecule has 2 aromatic rings. The average molecular weight is 230 g/mol. The van der Waals surface area contributed by atoms with E-state index in [2.05, 4.69) is 28.4 Å². The number of pyridine rings is 1. The fourth-order valence-electron chi connectivity index (χ4n) is 3.00. The van der Waals surface area contributed by atoms with Crippen LogP contribution in [0, 0.1) is 6.92 Å². The van der Waals surface area contributed by atoms with Crippen molar-refractivity contribution in [2.45, 2.75) is 45.1 Å². The van der Waals surface area contributed by atoms with E-state index in [9.17, 15) is 0 Å². The van der Waals surface area contributed by atoms with Crippen molar-refractivity contribution in [3.63, 3.8) is 0 Å². The summed E-state index contributed by atoms with van der Waals surface area (Å²) >= 11 is 0. The molecule has 0 aliphatic heterocycles. The molecule has 0 spiro atoms. The number of nitrogens with two attached hydrogens (primary N) is 1. The Bertz CT molecular complexity index is 564. The van der Waals surface area contributed by atoms with Crippen molar-refractivity contribution in [1.82, 2.24) is 14.5 Å². The van der Waals surface area contributed by atoms with E-state index in [0.717, 1.165) is 29.6 Å². The minimum atomic E-state index is 0.0969. The molecule has 2 heterocycles. The molecule has 2 N–H and O–H groups in total. The van der Waals surface area contributed by atoms with E-state index in [1.54, 1.807) is 0 Å². The average Bonchev–Trinajstić information content (AvgIpc) is 2.83. The molecule has 0 saturated heterocycles. The van der Waals surface area contributed by atoms with Gasteiger partial charge < -0.3 is 5.73 Å². The molecule has 4 nitrogen and oxygen atoms in total. The summed E-state index contributed by atoms with van der Waals surface area (Å²) in [4.78, 5) is 8.95. The summed E-state index contributed by atoms with van der Waals surface area (Å²) in [7, 11) is 0. The number of nitrogen functional groups attached to an aromatic ring is 1. The van der Waals surface area contributed by atoms with E-state index in [1.807, 2.05) is 12.3 Å². The van der Waals surface area contributed by atoms with Crippen LogP contribution in [0.15, 0.2) is 12.3 Å². The number of fused-ring (bicyclic) bond motifs is 1. The normalized spacial score (nSPS) is 18.9. The second-order valence-electron chi connectivity index (χ2n) is 5.31. The number of aromatic nitrogens is 3. The summed E-state index contributed by atoms with van der Waals surface area (Å²) in [6.07, 6.45) is 6.70. The third-order valence-electron chi connectivity index (χ3n) is 3.99. The maximum atomic E-state index is 6.10. The highest BCUT2D eigenvalue weighted by Crippen LogP contribution is 2.39. The third-order valence-corrected chi connectivity index (χ3v) is 3.99. The minimum Gasteiger partial charge on any atom is -0.369 e. The number of rotatable bonds is 1. The largest absolute Gasteiger partial charge is 0.369 e. The van der Waals surface area contributed by atoms with Gasteiger partial charge in [0.15, 0.2) is 5.65 Å². The molecular weight excluding hydrogens is 212 g/mol. The van der Waals surface area contributed by atoms with Crippen LogP contribution in [0.4, 0.5) is 5.95 Å². The van der Waals surface area contributed by atoms with Gasteiger partial charge in [0.25, 0.3) is 0 Å². The molecule has 0 bridgehead atoms. The number of aryl methyl sites for hydroxylation is 1. The number of anilines is 1. The molecule has 3 rings (SSSR count). The van der Waals surface area contributed by atoms with Crippen LogP contribution in [0.5, 0.6) is 0 Å². The maximum Gasteiger partial charge on any atom is 0.202 e. The highest BCUT2D eigenvalue weighted by atomic mass is 15.2. The fraction of sp³-hybridized carbons (Fsp3) is 0.538. The quantitative estimate of drug-likeness (QED) is 0.819. The zero-order valence-corrected chi connectivity index (χ0v) is 10.4. The van der Waals surface area contributed by atoms with Gasteiger partial charge in [-0.05, 0) is 38.3 Å². The first-order chi connectivity index (χ1) is 8.12. The third kappa shape index (κ3) is 1.43. The van der Waals surface area contributed by atoms with Gasteiger partial charge in [0.05, 0.1) is 0 Å². The highest BCUT2D eigenvalue weighted by molar-refractivity contribution is 5.77. The Hall–Kier alpha value is -1.58. The first-order valence-electron chi connectivity index (χ1n) is 6.22. The van der Waals surface area contributed by atoms with Crippen molar-refractivity contribution in [2.75, 3.05) is 5.73 Å². The maximum absolute atomic E-state index is 6.10. The van der Waals surface area contributed by atoms with Crippen LogP contribution in [0.3, 0.4) is 0 Å². The van der Waals surface area contributed by atoms with Crippen molar-refractivity contribution in [1.29, 1.82) is 0 Å². The summed E-state index contributed by atoms with van der Waals surface area (Å²) in [6, 6.07) is 1.98. The molecule has 0 unspecified atom stereocenters. The van der Waals surface area contributed by atoms with Gasteiger partial charge in [-0.15, -0.1) is 0 Å². The Morgan fingerprint density at radius 1 is 1.35 bits per heavy atom. The van der Waals surface area contributed by atoms with E-state index in [-0.39, 0.29) is 5.54 Å². The summed E-state index contributed by atoms with van der Waals surface area (Å²) < 4.78 is 2.14. The van der Waals surface area contributed by atoms with Crippen LogP contribution in [0.25, 0.3) is 11.2 Å². The number of hydrogen-bond donors (Lipinski definition) is 1. The lowest BCUT2D eigenvalue weighted by atomic mass is 10.0. The van der Waals surface area contributed by atoms with Gasteiger partial charge in [-0.2, -0.15) is 0 Å². The summed E-state index contributed by atoms with van der Waals surface area (Å²) in [6.45, 7) is 4.32. The molecule has 17 heavy (non-hydrogen) atoms. The van der Waals surface area contributed by atoms with E-state index < -0.39 is 0 Å². The zero-order chi connectivity index (χ0) is 12.0. The van der Waals surface area contributed by atoms with Crippen LogP contribution >= 0.6 is 0 Å². The molecule has 0 amide bonds. The number of hydrogen-bond acceptors (Lipinski definition) is 3. The van der Waals surface area contributed by atoms with Crippen LogP contribution < -0.4 is 5.73 Å². The van der Waals surface area contributed by atoms with Crippen molar-refractivity contribution >= 4 is 17.1 Å². The molecule has 1 saturated carbocycles. The first-order valence-corrected chi connectivity index (χ1v) is 6.22. The van der Waals surface area contributed by atoms with E-state index in [0.29, 0.717) is 5.95 Å². The standard InChI is InChI=1S/C13H18N4/c1-9-5-8-15-11-10(9)16-12(14)17(11)13(2)6-3-4-7-13/h5,8H,3-4,6-7H2,1-2H3,(H2,14,16). The van der Waals surface area contributed by atoms with Crippen LogP contribution in [0.1, 0.15) is 38.2 Å². The second-order valence-corrected chi connectivity index (χ2v) is 5.31. The molecule has 2 aromatic heterocycles. The van der Waals surface area contributed by atoms with Gasteiger partial charge in [0.2, 0.25) is 5.95 Å². The molecule has 1 aliphatic rings. The van der Waals surface area contributed by atoms with Crippen LogP contribution in [0.2, 0.25) is 0 Å². The van der Waals surface area contributed by atoms with Crippen molar-refractivity contribution < 1.29 is 0 Å². The second kappa shape index (κ2) is 3.45. The predicted octanol–water partition coefficient (Wildman–Crippen LogP) is 2.61. The van der Waals surface area contributed by atoms with Gasteiger partial charge in [-0.25, -0.2) is 9.97 Å². The molecule has 1 aliphatic carbocycles. The lowest BCUT2D eigenvalue weighted by molar-refractivity contribution is 0.342. The predicted molar refractivity (Wildman–Crippen MR) is 68.8 cm³/mol. The molecular formula is C13H18N4. The smallest absolute Gasteiger partial charge is 0.202 e. The van der Waals surface area contributed by atoms with Crippen molar-refractivity contribution in [3.05, 3.63) is 17.8 Å². The fourth-order valence-corrected chi connectivity index (χ4v) is 3.00. The minimum absolute atomic E-state index is 0.0969. The van der Waals surface area contributed by atoms with E-state index in [1.165, 1.54) is 12.8 Å². The molecule has 0 atom stereocenters. The molecule has 0 radical (unpaired) electrons. The summed E-state index contributed by atoms with van der Waals surface area (Å²) in [5.41, 5.74) is 9.22. The zero-order valence-electron chi connectivity index (χ0n) is 10.4.